The first-order valence-corrected chi connectivity index (χ1v) is 8.02. The minimum Gasteiger partial charge on any atom is -0.466 e. The fourth-order valence-electron chi connectivity index (χ4n) is 1.61. The Kier molecular flexibility index (Phi) is 8.48. The molecule has 102 valence electrons. The second-order valence-corrected chi connectivity index (χ2v) is 6.33. The molecule has 0 radical (unpaired) electrons. The van der Waals surface area contributed by atoms with Crippen LogP contribution < -0.4 is 0 Å². The number of rotatable bonds is 9. The van der Waals surface area contributed by atoms with Gasteiger partial charge in [-0.3, -0.25) is 9.36 Å². The van der Waals surface area contributed by atoms with E-state index in [1.54, 1.807) is 13.8 Å². The van der Waals surface area contributed by atoms with Crippen molar-refractivity contribution in [2.24, 2.45) is 5.92 Å². The van der Waals surface area contributed by atoms with Gasteiger partial charge in [0, 0.05) is 6.16 Å². The highest BCUT2D eigenvalue weighted by Gasteiger charge is 2.31. The van der Waals surface area contributed by atoms with Gasteiger partial charge in [0.15, 0.2) is 0 Å². The van der Waals surface area contributed by atoms with E-state index in [1.165, 1.54) is 0 Å². The Morgan fingerprint density at radius 2 is 1.94 bits per heavy atom. The van der Waals surface area contributed by atoms with E-state index in [-0.39, 0.29) is 18.7 Å². The first kappa shape index (κ1) is 16.6. The van der Waals surface area contributed by atoms with Crippen LogP contribution in [0.15, 0.2) is 0 Å². The van der Waals surface area contributed by atoms with Crippen molar-refractivity contribution in [1.82, 2.24) is 0 Å². The lowest BCUT2D eigenvalue weighted by molar-refractivity contribution is -0.147. The van der Waals surface area contributed by atoms with Gasteiger partial charge in [-0.1, -0.05) is 13.3 Å². The molecule has 0 fully saturated rings. The van der Waals surface area contributed by atoms with E-state index in [0.29, 0.717) is 13.0 Å². The molecule has 17 heavy (non-hydrogen) atoms. The van der Waals surface area contributed by atoms with Gasteiger partial charge in [-0.15, -0.1) is 0 Å². The second kappa shape index (κ2) is 8.67. The monoisotopic (exact) mass is 266 g/mol. The van der Waals surface area contributed by atoms with E-state index in [0.717, 1.165) is 6.42 Å². The fourth-order valence-corrected chi connectivity index (χ4v) is 3.39. The fraction of sp³-hybridized carbons (Fsp3) is 0.909. The molecule has 0 amide bonds. The molecule has 0 aliphatic rings. The van der Waals surface area contributed by atoms with Gasteiger partial charge < -0.3 is 14.4 Å². The Balaban J connectivity index is 4.60. The van der Waals surface area contributed by atoms with Crippen molar-refractivity contribution in [3.63, 3.8) is 0 Å². The Morgan fingerprint density at radius 1 is 1.29 bits per heavy atom. The van der Waals surface area contributed by atoms with Crippen molar-refractivity contribution in [2.75, 3.05) is 25.7 Å². The maximum atomic E-state index is 12.1. The molecule has 2 atom stereocenters. The van der Waals surface area contributed by atoms with E-state index >= 15 is 0 Å². The molecule has 0 aromatic carbocycles. The van der Waals surface area contributed by atoms with Crippen molar-refractivity contribution in [2.45, 2.75) is 33.6 Å². The minimum atomic E-state index is -3.11. The molecule has 0 bridgehead atoms. The lowest BCUT2D eigenvalue weighted by Gasteiger charge is -2.20. The minimum absolute atomic E-state index is 0.0595. The lowest BCUT2D eigenvalue weighted by atomic mass is 10.1. The highest BCUT2D eigenvalue weighted by atomic mass is 31.2. The molecule has 0 heterocycles. The summed E-state index contributed by atoms with van der Waals surface area (Å²) in [7, 11) is -3.11. The molecular formula is C11H23O5P. The Bertz CT molecular complexity index is 267. The Labute approximate surface area is 103 Å². The van der Waals surface area contributed by atoms with Crippen molar-refractivity contribution in [1.29, 1.82) is 0 Å². The molecule has 0 aliphatic carbocycles. The van der Waals surface area contributed by atoms with Crippen molar-refractivity contribution >= 4 is 13.3 Å². The summed E-state index contributed by atoms with van der Waals surface area (Å²) in [5, 5.41) is 9.10. The maximum Gasteiger partial charge on any atom is 0.309 e. The quantitative estimate of drug-likeness (QED) is 0.511. The summed E-state index contributed by atoms with van der Waals surface area (Å²) in [5.41, 5.74) is 0. The third kappa shape index (κ3) is 6.20. The summed E-state index contributed by atoms with van der Waals surface area (Å²) in [5.74, 6) is -0.813. The van der Waals surface area contributed by atoms with Crippen LogP contribution in [-0.4, -0.2) is 36.8 Å². The predicted octanol–water partition coefficient (Wildman–Crippen LogP) is 2.23. The molecule has 0 spiro atoms. The number of hydrogen-bond donors (Lipinski definition) is 1. The van der Waals surface area contributed by atoms with Gasteiger partial charge in [0.05, 0.1) is 19.1 Å². The Morgan fingerprint density at radius 3 is 2.35 bits per heavy atom. The number of ether oxygens (including phenoxy) is 1. The van der Waals surface area contributed by atoms with Crippen LogP contribution in [0.1, 0.15) is 33.6 Å². The summed E-state index contributed by atoms with van der Waals surface area (Å²) in [4.78, 5) is 11.7. The van der Waals surface area contributed by atoms with Crippen LogP contribution in [0.4, 0.5) is 0 Å². The third-order valence-electron chi connectivity index (χ3n) is 2.34. The summed E-state index contributed by atoms with van der Waals surface area (Å²) in [6.07, 6.45) is 0.918. The molecule has 1 N–H and O–H groups in total. The number of esters is 1. The van der Waals surface area contributed by atoms with Crippen LogP contribution in [0.5, 0.6) is 0 Å². The average molecular weight is 266 g/mol. The maximum absolute atomic E-state index is 12.1. The van der Waals surface area contributed by atoms with E-state index in [4.69, 9.17) is 14.4 Å². The second-order valence-electron chi connectivity index (χ2n) is 3.79. The van der Waals surface area contributed by atoms with Crippen LogP contribution in [-0.2, 0) is 18.6 Å². The molecule has 0 rings (SSSR count). The largest absolute Gasteiger partial charge is 0.466 e. The number of hydrogen-bond acceptors (Lipinski definition) is 5. The SMILES string of the molecule is CCCC(CP(=O)(CO)OCC)C(=O)OCC. The summed E-state index contributed by atoms with van der Waals surface area (Å²) in [6.45, 7) is 5.95. The van der Waals surface area contributed by atoms with Gasteiger partial charge in [-0.25, -0.2) is 0 Å². The van der Waals surface area contributed by atoms with Crippen molar-refractivity contribution in [3.8, 4) is 0 Å². The topological polar surface area (TPSA) is 72.8 Å². The van der Waals surface area contributed by atoms with Crippen LogP contribution in [0.2, 0.25) is 0 Å². The normalized spacial score (nSPS) is 16.2. The van der Waals surface area contributed by atoms with Gasteiger partial charge in [-0.2, -0.15) is 0 Å². The van der Waals surface area contributed by atoms with Crippen molar-refractivity contribution in [3.05, 3.63) is 0 Å². The van der Waals surface area contributed by atoms with Crippen LogP contribution >= 0.6 is 7.37 Å². The summed E-state index contributed by atoms with van der Waals surface area (Å²) < 4.78 is 22.1. The molecular weight excluding hydrogens is 243 g/mol. The number of carbonyl (C=O) groups is 1. The highest BCUT2D eigenvalue weighted by molar-refractivity contribution is 7.58. The molecule has 0 aromatic rings. The molecule has 0 saturated carbocycles. The first-order valence-electron chi connectivity index (χ1n) is 6.03. The van der Waals surface area contributed by atoms with Gasteiger partial charge in [0.2, 0.25) is 7.37 Å². The third-order valence-corrected chi connectivity index (χ3v) is 4.49. The smallest absolute Gasteiger partial charge is 0.309 e. The van der Waals surface area contributed by atoms with Crippen LogP contribution in [0, 0.1) is 5.92 Å². The zero-order chi connectivity index (χ0) is 13.3. The number of aliphatic hydroxyl groups is 1. The van der Waals surface area contributed by atoms with Gasteiger partial charge in [-0.05, 0) is 20.3 Å². The standard InChI is InChI=1S/C11H23O5P/c1-4-7-10(11(13)15-5-2)8-17(14,9-12)16-6-3/h10,12H,4-9H2,1-3H3. The van der Waals surface area contributed by atoms with Gasteiger partial charge in [0.1, 0.15) is 6.35 Å². The molecule has 0 aliphatic heterocycles. The first-order chi connectivity index (χ1) is 8.02. The average Bonchev–Trinajstić information content (AvgIpc) is 2.29. The van der Waals surface area contributed by atoms with Crippen LogP contribution in [0.3, 0.4) is 0 Å². The summed E-state index contributed by atoms with van der Waals surface area (Å²) in [6, 6.07) is 0. The van der Waals surface area contributed by atoms with Crippen molar-refractivity contribution < 1.29 is 23.7 Å². The van der Waals surface area contributed by atoms with Crippen LogP contribution in [0.25, 0.3) is 0 Å². The summed E-state index contributed by atoms with van der Waals surface area (Å²) >= 11 is 0. The number of aliphatic hydroxyl groups excluding tert-OH is 1. The lowest BCUT2D eigenvalue weighted by Crippen LogP contribution is -2.22. The van der Waals surface area contributed by atoms with Gasteiger partial charge in [0.25, 0.3) is 0 Å². The number of carbonyl (C=O) groups excluding carboxylic acids is 1. The van der Waals surface area contributed by atoms with E-state index < -0.39 is 19.6 Å². The zero-order valence-electron chi connectivity index (χ0n) is 10.8. The molecule has 5 nitrogen and oxygen atoms in total. The zero-order valence-corrected chi connectivity index (χ0v) is 11.7. The van der Waals surface area contributed by atoms with E-state index in [9.17, 15) is 9.36 Å². The van der Waals surface area contributed by atoms with Gasteiger partial charge >= 0.3 is 5.97 Å². The molecule has 2 unspecified atom stereocenters. The Hall–Kier alpha value is -0.380. The van der Waals surface area contributed by atoms with E-state index in [2.05, 4.69) is 0 Å². The predicted molar refractivity (Wildman–Crippen MR) is 66.2 cm³/mol. The molecule has 0 aromatic heterocycles. The highest BCUT2D eigenvalue weighted by Crippen LogP contribution is 2.48. The van der Waals surface area contributed by atoms with E-state index in [1.807, 2.05) is 6.92 Å². The molecule has 0 saturated heterocycles. The molecule has 6 heteroatoms.